The maximum atomic E-state index is 12.9. The standard InChI is InChI=1S/C35H36N6O6S/c1-40(2)20-37-33-38-30-27(31(43)39-33)36-21-41(30)32-28-29(42)34(47-32,18-46-28)19-48-35(22-8-6-5-7-9-22,23-10-14-25(44-3)15-11-23)24-12-16-26(45-4)17-13-24/h5-17,20-21,28-29,32,42H,18-19H2,1-4H3,(H,38,39,43)/t28-,29?,32+,34+/m0/s1. The highest BCUT2D eigenvalue weighted by molar-refractivity contribution is 8.00. The normalized spacial score (nSPS) is 22.1. The Kier molecular flexibility index (Phi) is 8.46. The fraction of sp³-hybridized carbons (Fsp3) is 0.314. The van der Waals surface area contributed by atoms with Crippen LogP contribution in [-0.2, 0) is 14.2 Å². The number of H-pyrrole nitrogens is 1. The second-order valence-electron chi connectivity index (χ2n) is 12.0. The first-order valence-corrected chi connectivity index (χ1v) is 16.4. The molecule has 7 rings (SSSR count). The Bertz CT molecular complexity index is 1930. The lowest BCUT2D eigenvalue weighted by Gasteiger charge is -2.39. The Hall–Kier alpha value is -4.69. The van der Waals surface area contributed by atoms with Crippen LogP contribution in [0.5, 0.6) is 11.5 Å². The average Bonchev–Trinajstić information content (AvgIpc) is 3.77. The number of benzene rings is 3. The molecule has 4 atom stereocenters. The first-order chi connectivity index (χ1) is 23.3. The van der Waals surface area contributed by atoms with Gasteiger partial charge in [0.05, 0.1) is 38.2 Å². The minimum atomic E-state index is -1.07. The number of ether oxygens (including phenoxy) is 4. The predicted octanol–water partition coefficient (Wildman–Crippen LogP) is 4.11. The van der Waals surface area contributed by atoms with E-state index in [1.807, 2.05) is 56.6 Å². The SMILES string of the molecule is COc1ccc(C(SC[C@]23CO[C@@H](C2O)[C@H](n2cnc4c(=O)[nH]c(N=CN(C)C)nc42)O3)(c2ccccc2)c2ccc(OC)cc2)cc1. The van der Waals surface area contributed by atoms with Crippen molar-refractivity contribution in [1.29, 1.82) is 0 Å². The van der Waals surface area contributed by atoms with Crippen molar-refractivity contribution in [2.45, 2.75) is 28.8 Å². The van der Waals surface area contributed by atoms with Gasteiger partial charge < -0.3 is 29.0 Å². The van der Waals surface area contributed by atoms with Crippen molar-refractivity contribution in [3.63, 3.8) is 0 Å². The molecule has 2 N–H and O–H groups in total. The number of aromatic nitrogens is 4. The molecular weight excluding hydrogens is 632 g/mol. The summed E-state index contributed by atoms with van der Waals surface area (Å²) in [6.07, 6.45) is 0.611. The minimum Gasteiger partial charge on any atom is -0.497 e. The molecule has 2 saturated heterocycles. The molecule has 3 aromatic carbocycles. The molecule has 5 aromatic rings. The number of nitrogens with zero attached hydrogens (tertiary/aromatic N) is 5. The third kappa shape index (κ3) is 5.42. The lowest BCUT2D eigenvalue weighted by atomic mass is 9.84. The summed E-state index contributed by atoms with van der Waals surface area (Å²) in [6.45, 7) is 0.192. The fourth-order valence-electron chi connectivity index (χ4n) is 6.38. The van der Waals surface area contributed by atoms with E-state index in [9.17, 15) is 9.90 Å². The van der Waals surface area contributed by atoms with Gasteiger partial charge in [-0.1, -0.05) is 54.6 Å². The summed E-state index contributed by atoms with van der Waals surface area (Å²) in [6, 6.07) is 26.4. The molecule has 1 unspecified atom stereocenters. The van der Waals surface area contributed by atoms with Crippen LogP contribution >= 0.6 is 11.8 Å². The fourth-order valence-corrected chi connectivity index (χ4v) is 8.07. The molecule has 248 valence electrons. The number of hydrogen-bond donors (Lipinski definition) is 2. The Morgan fingerprint density at radius 2 is 1.67 bits per heavy atom. The summed E-state index contributed by atoms with van der Waals surface area (Å²) in [5.41, 5.74) is 2.04. The Balaban J connectivity index is 1.28. The number of rotatable bonds is 11. The van der Waals surface area contributed by atoms with Crippen LogP contribution in [0.25, 0.3) is 11.2 Å². The highest BCUT2D eigenvalue weighted by Gasteiger charge is 2.62. The van der Waals surface area contributed by atoms with Crippen LogP contribution in [0.2, 0.25) is 0 Å². The Labute approximate surface area is 281 Å². The zero-order valence-electron chi connectivity index (χ0n) is 26.9. The zero-order valence-corrected chi connectivity index (χ0v) is 27.8. The molecule has 0 aliphatic carbocycles. The van der Waals surface area contributed by atoms with Crippen LogP contribution in [0.15, 0.2) is 95.0 Å². The van der Waals surface area contributed by atoms with Gasteiger partial charge in [0.25, 0.3) is 5.56 Å². The molecule has 48 heavy (non-hydrogen) atoms. The van der Waals surface area contributed by atoms with Crippen LogP contribution in [-0.4, -0.2) is 94.3 Å². The second-order valence-corrected chi connectivity index (χ2v) is 13.2. The lowest BCUT2D eigenvalue weighted by Crippen LogP contribution is -2.44. The van der Waals surface area contributed by atoms with Crippen LogP contribution in [0.1, 0.15) is 22.9 Å². The minimum absolute atomic E-state index is 0.129. The van der Waals surface area contributed by atoms with Crippen molar-refractivity contribution in [1.82, 2.24) is 24.4 Å². The zero-order chi connectivity index (χ0) is 33.5. The molecule has 0 spiro atoms. The molecule has 2 fully saturated rings. The van der Waals surface area contributed by atoms with E-state index in [-0.39, 0.29) is 23.7 Å². The Morgan fingerprint density at radius 1 is 1.04 bits per heavy atom. The van der Waals surface area contributed by atoms with Crippen molar-refractivity contribution < 1.29 is 24.1 Å². The van der Waals surface area contributed by atoms with E-state index < -0.39 is 34.3 Å². The van der Waals surface area contributed by atoms with E-state index in [2.05, 4.69) is 56.3 Å². The summed E-state index contributed by atoms with van der Waals surface area (Å²) in [4.78, 5) is 30.4. The highest BCUT2D eigenvalue weighted by Crippen LogP contribution is 2.54. The van der Waals surface area contributed by atoms with Gasteiger partial charge in [-0.3, -0.25) is 14.3 Å². The molecule has 0 radical (unpaired) electrons. The lowest BCUT2D eigenvalue weighted by molar-refractivity contribution is -0.162. The van der Waals surface area contributed by atoms with Gasteiger partial charge in [0, 0.05) is 19.8 Å². The number of imidazole rings is 1. The summed E-state index contributed by atoms with van der Waals surface area (Å²) in [5.74, 6) is 2.00. The maximum absolute atomic E-state index is 12.9. The van der Waals surface area contributed by atoms with Crippen molar-refractivity contribution in [3.8, 4) is 11.5 Å². The first kappa shape index (κ1) is 31.9. The largest absolute Gasteiger partial charge is 0.497 e. The van der Waals surface area contributed by atoms with E-state index in [0.29, 0.717) is 5.75 Å². The van der Waals surface area contributed by atoms with Gasteiger partial charge >= 0.3 is 0 Å². The molecular formula is C35H36N6O6S. The van der Waals surface area contributed by atoms with Gasteiger partial charge in [0.15, 0.2) is 17.4 Å². The van der Waals surface area contributed by atoms with E-state index >= 15 is 0 Å². The molecule has 13 heteroatoms. The number of aromatic amines is 1. The van der Waals surface area contributed by atoms with E-state index in [0.717, 1.165) is 28.2 Å². The summed E-state index contributed by atoms with van der Waals surface area (Å²) < 4.78 is 24.9. The number of hydrogen-bond acceptors (Lipinski definition) is 10. The van der Waals surface area contributed by atoms with E-state index in [1.54, 1.807) is 41.8 Å². The number of aliphatic hydroxyl groups excluding tert-OH is 1. The first-order valence-electron chi connectivity index (χ1n) is 15.4. The number of fused-ring (bicyclic) bond motifs is 3. The van der Waals surface area contributed by atoms with Crippen molar-refractivity contribution in [3.05, 3.63) is 112 Å². The van der Waals surface area contributed by atoms with Gasteiger partial charge in [0.1, 0.15) is 29.3 Å². The summed E-state index contributed by atoms with van der Waals surface area (Å²) >= 11 is 1.66. The van der Waals surface area contributed by atoms with E-state index in [4.69, 9.17) is 18.9 Å². The number of nitrogens with one attached hydrogen (secondary N) is 1. The number of aliphatic hydroxyl groups is 1. The second kappa shape index (κ2) is 12.7. The predicted molar refractivity (Wildman–Crippen MR) is 183 cm³/mol. The molecule has 0 amide bonds. The number of thioether (sulfide) groups is 1. The van der Waals surface area contributed by atoms with Gasteiger partial charge in [-0.25, -0.2) is 9.98 Å². The van der Waals surface area contributed by atoms with Gasteiger partial charge in [-0.05, 0) is 41.0 Å². The monoisotopic (exact) mass is 668 g/mol. The third-order valence-electron chi connectivity index (χ3n) is 8.82. The molecule has 2 aromatic heterocycles. The van der Waals surface area contributed by atoms with Gasteiger partial charge in [0.2, 0.25) is 5.95 Å². The molecule has 4 heterocycles. The molecule has 2 bridgehead atoms. The van der Waals surface area contributed by atoms with Crippen molar-refractivity contribution >= 4 is 35.2 Å². The van der Waals surface area contributed by atoms with Gasteiger partial charge in [-0.15, -0.1) is 11.8 Å². The van der Waals surface area contributed by atoms with Crippen LogP contribution in [0.4, 0.5) is 5.95 Å². The number of aliphatic imine (C=N–C) groups is 1. The maximum Gasteiger partial charge on any atom is 0.280 e. The Morgan fingerprint density at radius 3 is 2.27 bits per heavy atom. The van der Waals surface area contributed by atoms with Crippen LogP contribution in [0, 0.1) is 0 Å². The quantitative estimate of drug-likeness (QED) is 0.120. The molecule has 2 aliphatic rings. The third-order valence-corrected chi connectivity index (χ3v) is 10.6. The smallest absolute Gasteiger partial charge is 0.280 e. The topological polar surface area (TPSA) is 136 Å². The van der Waals surface area contributed by atoms with Crippen LogP contribution in [0.3, 0.4) is 0 Å². The average molecular weight is 669 g/mol. The van der Waals surface area contributed by atoms with Crippen molar-refractivity contribution in [2.24, 2.45) is 4.99 Å². The molecule has 2 aliphatic heterocycles. The van der Waals surface area contributed by atoms with Gasteiger partial charge in [-0.2, -0.15) is 4.98 Å². The molecule has 12 nitrogen and oxygen atoms in total. The summed E-state index contributed by atoms with van der Waals surface area (Å²) in [7, 11) is 6.93. The van der Waals surface area contributed by atoms with E-state index in [1.165, 1.54) is 6.33 Å². The highest BCUT2D eigenvalue weighted by atomic mass is 32.2. The number of methoxy groups -OCH3 is 2. The summed E-state index contributed by atoms with van der Waals surface area (Å²) in [5, 5.41) is 11.8. The molecule has 0 saturated carbocycles. The van der Waals surface area contributed by atoms with Crippen LogP contribution < -0.4 is 15.0 Å². The van der Waals surface area contributed by atoms with Crippen molar-refractivity contribution in [2.75, 3.05) is 40.7 Å².